The average molecular weight is 455 g/mol. The highest BCUT2D eigenvalue weighted by Crippen LogP contribution is 2.67. The van der Waals surface area contributed by atoms with Gasteiger partial charge in [-0.15, -0.1) is 0 Å². The molecule has 4 rings (SSSR count). The van der Waals surface area contributed by atoms with Crippen molar-refractivity contribution >= 4 is 5.97 Å². The van der Waals surface area contributed by atoms with Crippen molar-refractivity contribution in [1.29, 1.82) is 0 Å². The molecule has 0 aliphatic heterocycles. The van der Waals surface area contributed by atoms with Crippen LogP contribution in [-0.2, 0) is 9.53 Å². The summed E-state index contributed by atoms with van der Waals surface area (Å²) in [7, 11) is 0. The minimum atomic E-state index is -0.120. The van der Waals surface area contributed by atoms with Gasteiger partial charge in [0.1, 0.15) is 6.10 Å². The monoisotopic (exact) mass is 454 g/mol. The van der Waals surface area contributed by atoms with Crippen LogP contribution in [0.5, 0.6) is 0 Å². The molecule has 0 aromatic carbocycles. The maximum atomic E-state index is 11.5. The molecule has 2 unspecified atom stereocenters. The van der Waals surface area contributed by atoms with Crippen molar-refractivity contribution in [3.05, 3.63) is 23.8 Å². The molecule has 0 aromatic heterocycles. The molecule has 4 aliphatic carbocycles. The summed E-state index contributed by atoms with van der Waals surface area (Å²) in [5, 5.41) is 0. The Balaban J connectivity index is 1.49. The Bertz CT molecular complexity index is 778. The molecular weight excluding hydrogens is 404 g/mol. The third-order valence-corrected chi connectivity index (χ3v) is 11.1. The highest BCUT2D eigenvalue weighted by Gasteiger charge is 2.59. The predicted octanol–water partition coefficient (Wildman–Crippen LogP) is 8.37. The molecule has 3 saturated carbocycles. The molecular formula is C31H50O2. The van der Waals surface area contributed by atoms with Crippen LogP contribution in [0.15, 0.2) is 23.8 Å². The van der Waals surface area contributed by atoms with Gasteiger partial charge in [-0.3, -0.25) is 4.79 Å². The van der Waals surface area contributed by atoms with Crippen molar-refractivity contribution in [2.75, 3.05) is 0 Å². The number of ether oxygens (including phenoxy) is 1. The van der Waals surface area contributed by atoms with Gasteiger partial charge in [0.2, 0.25) is 0 Å². The van der Waals surface area contributed by atoms with Gasteiger partial charge in [0.15, 0.2) is 0 Å². The van der Waals surface area contributed by atoms with Crippen LogP contribution in [-0.4, -0.2) is 12.1 Å². The van der Waals surface area contributed by atoms with Crippen molar-refractivity contribution in [3.8, 4) is 0 Å². The van der Waals surface area contributed by atoms with Crippen molar-refractivity contribution < 1.29 is 9.53 Å². The molecule has 186 valence electrons. The summed E-state index contributed by atoms with van der Waals surface area (Å²) >= 11 is 0. The number of hydrogen-bond donors (Lipinski definition) is 0. The van der Waals surface area contributed by atoms with E-state index < -0.39 is 0 Å². The lowest BCUT2D eigenvalue weighted by Gasteiger charge is -2.58. The first-order valence-corrected chi connectivity index (χ1v) is 14.1. The molecule has 2 nitrogen and oxygen atoms in total. The summed E-state index contributed by atoms with van der Waals surface area (Å²) in [4.78, 5) is 11.5. The SMILES string of the molecule is CC[C@H](/C=C/[C@@H](C)[C@H]1CCC2[C@@H]3CC=C4C[C@@H](OC(C)=O)CC[C@]4(C)C3CC[C@@]21C)C(C)C. The number of hydrogen-bond acceptors (Lipinski definition) is 2. The fourth-order valence-corrected chi connectivity index (χ4v) is 9.15. The summed E-state index contributed by atoms with van der Waals surface area (Å²) < 4.78 is 5.62. The zero-order chi connectivity index (χ0) is 24.0. The summed E-state index contributed by atoms with van der Waals surface area (Å²) in [6, 6.07) is 0. The standard InChI is InChI=1S/C31H50O2/c1-8-23(20(2)3)10-9-21(4)27-13-14-28-26-12-11-24-19-25(33-22(5)32)15-17-30(24,6)29(26)16-18-31(27,28)7/h9-11,20-21,23,25-29H,8,12-19H2,1-7H3/b10-9+/t21-,23-,25+,26+,27-,28?,29?,30+,31-/m1/s1. The normalized spacial score (nSPS) is 42.3. The Morgan fingerprint density at radius 1 is 1.09 bits per heavy atom. The zero-order valence-corrected chi connectivity index (χ0v) is 22.5. The molecule has 4 aliphatic rings. The first kappa shape index (κ1) is 25.1. The molecule has 9 atom stereocenters. The molecule has 0 bridgehead atoms. The first-order valence-electron chi connectivity index (χ1n) is 14.1. The minimum absolute atomic E-state index is 0.105. The number of rotatable bonds is 6. The van der Waals surface area contributed by atoms with Crippen molar-refractivity contribution in [1.82, 2.24) is 0 Å². The highest BCUT2D eigenvalue weighted by molar-refractivity contribution is 5.66. The van der Waals surface area contributed by atoms with E-state index in [9.17, 15) is 4.79 Å². The second-order valence-corrected chi connectivity index (χ2v) is 13.0. The Labute approximate surface area is 204 Å². The van der Waals surface area contributed by atoms with Crippen LogP contribution in [0.3, 0.4) is 0 Å². The van der Waals surface area contributed by atoms with Crippen LogP contribution < -0.4 is 0 Å². The highest BCUT2D eigenvalue weighted by atomic mass is 16.5. The molecule has 0 saturated heterocycles. The van der Waals surface area contributed by atoms with Gasteiger partial charge >= 0.3 is 5.97 Å². The molecule has 0 aromatic rings. The van der Waals surface area contributed by atoms with Crippen LogP contribution >= 0.6 is 0 Å². The lowest BCUT2D eigenvalue weighted by molar-refractivity contribution is -0.148. The zero-order valence-electron chi connectivity index (χ0n) is 22.5. The number of carbonyl (C=O) groups is 1. The van der Waals surface area contributed by atoms with Crippen molar-refractivity contribution in [2.24, 2.45) is 52.3 Å². The van der Waals surface area contributed by atoms with E-state index in [1.165, 1.54) is 44.9 Å². The third kappa shape index (κ3) is 4.50. The number of esters is 1. The van der Waals surface area contributed by atoms with Crippen LogP contribution in [0.25, 0.3) is 0 Å². The lowest BCUT2D eigenvalue weighted by atomic mass is 9.47. The summed E-state index contributed by atoms with van der Waals surface area (Å²) in [6.45, 7) is 16.3. The maximum absolute atomic E-state index is 11.5. The lowest BCUT2D eigenvalue weighted by Crippen LogP contribution is -2.51. The molecule has 0 amide bonds. The Morgan fingerprint density at radius 2 is 1.85 bits per heavy atom. The van der Waals surface area contributed by atoms with Gasteiger partial charge in [-0.25, -0.2) is 0 Å². The third-order valence-electron chi connectivity index (χ3n) is 11.1. The van der Waals surface area contributed by atoms with Gasteiger partial charge in [-0.2, -0.15) is 0 Å². The van der Waals surface area contributed by atoms with Crippen molar-refractivity contribution in [2.45, 2.75) is 112 Å². The topological polar surface area (TPSA) is 26.3 Å². The van der Waals surface area contributed by atoms with E-state index in [4.69, 9.17) is 4.74 Å². The van der Waals surface area contributed by atoms with Crippen LogP contribution in [0.4, 0.5) is 0 Å². The fraction of sp³-hybridized carbons (Fsp3) is 0.839. The number of fused-ring (bicyclic) bond motifs is 5. The minimum Gasteiger partial charge on any atom is -0.462 e. The van der Waals surface area contributed by atoms with E-state index in [-0.39, 0.29) is 12.1 Å². The maximum Gasteiger partial charge on any atom is 0.302 e. The Kier molecular flexibility index (Phi) is 7.24. The summed E-state index contributed by atoms with van der Waals surface area (Å²) in [6.07, 6.45) is 19.2. The molecule has 0 radical (unpaired) electrons. The van der Waals surface area contributed by atoms with Gasteiger partial charge < -0.3 is 4.74 Å². The average Bonchev–Trinajstić information content (AvgIpc) is 3.11. The van der Waals surface area contributed by atoms with E-state index >= 15 is 0 Å². The Morgan fingerprint density at radius 3 is 2.52 bits per heavy atom. The molecule has 0 heterocycles. The van der Waals surface area contributed by atoms with Gasteiger partial charge in [0, 0.05) is 13.3 Å². The van der Waals surface area contributed by atoms with E-state index in [2.05, 4.69) is 59.8 Å². The van der Waals surface area contributed by atoms with E-state index in [1.807, 2.05) is 0 Å². The first-order chi connectivity index (χ1) is 15.6. The second-order valence-electron chi connectivity index (χ2n) is 13.0. The van der Waals surface area contributed by atoms with Gasteiger partial charge in [0.05, 0.1) is 0 Å². The molecule has 2 heteroatoms. The predicted molar refractivity (Wildman–Crippen MR) is 138 cm³/mol. The Hall–Kier alpha value is -1.05. The van der Waals surface area contributed by atoms with E-state index in [0.29, 0.717) is 16.7 Å². The van der Waals surface area contributed by atoms with Gasteiger partial charge in [-0.05, 0) is 104 Å². The van der Waals surface area contributed by atoms with Crippen molar-refractivity contribution in [3.63, 3.8) is 0 Å². The quantitative estimate of drug-likeness (QED) is 0.297. The molecule has 0 N–H and O–H groups in total. The van der Waals surface area contributed by atoms with Gasteiger partial charge in [-0.1, -0.05) is 65.3 Å². The van der Waals surface area contributed by atoms with Crippen LogP contribution in [0, 0.1) is 52.3 Å². The second kappa shape index (κ2) is 9.54. The summed E-state index contributed by atoms with van der Waals surface area (Å²) in [5.74, 6) is 5.41. The van der Waals surface area contributed by atoms with Gasteiger partial charge in [0.25, 0.3) is 0 Å². The van der Waals surface area contributed by atoms with E-state index in [1.54, 1.807) is 12.5 Å². The van der Waals surface area contributed by atoms with E-state index in [0.717, 1.165) is 48.3 Å². The number of allylic oxidation sites excluding steroid dienone is 3. The molecule has 0 spiro atoms. The largest absolute Gasteiger partial charge is 0.462 e. The van der Waals surface area contributed by atoms with Crippen LogP contribution in [0.1, 0.15) is 106 Å². The smallest absolute Gasteiger partial charge is 0.302 e. The van der Waals surface area contributed by atoms with Crippen LogP contribution in [0.2, 0.25) is 0 Å². The summed E-state index contributed by atoms with van der Waals surface area (Å²) in [5.41, 5.74) is 2.44. The molecule has 33 heavy (non-hydrogen) atoms. The molecule has 3 fully saturated rings. The number of carbonyl (C=O) groups excluding carboxylic acids is 1. The fourth-order valence-electron chi connectivity index (χ4n) is 9.15.